The predicted molar refractivity (Wildman–Crippen MR) is 59.7 cm³/mol. The quantitative estimate of drug-likeness (QED) is 0.813. The molecular weight excluding hydrogens is 212 g/mol. The van der Waals surface area contributed by atoms with Gasteiger partial charge in [0.1, 0.15) is 0 Å². The molecule has 80 valence electrons. The van der Waals surface area contributed by atoms with Gasteiger partial charge in [0.2, 0.25) is 5.91 Å². The molecule has 0 saturated carbocycles. The molecule has 15 heavy (non-hydrogen) atoms. The van der Waals surface area contributed by atoms with Crippen LogP contribution in [-0.2, 0) is 11.3 Å². The van der Waals surface area contributed by atoms with Gasteiger partial charge < -0.3 is 10.6 Å². The minimum atomic E-state index is 0.00387. The lowest BCUT2D eigenvalue weighted by molar-refractivity contribution is -0.124. The van der Waals surface area contributed by atoms with Crippen LogP contribution in [0.5, 0.6) is 0 Å². The zero-order valence-corrected chi connectivity index (χ0v) is 9.05. The molecule has 3 nitrogen and oxygen atoms in total. The Hall–Kier alpha value is -1.06. The first-order valence-electron chi connectivity index (χ1n) is 5.01. The highest BCUT2D eigenvalue weighted by atomic mass is 35.5. The molecule has 1 fully saturated rings. The summed E-state index contributed by atoms with van der Waals surface area (Å²) in [6.07, 6.45) is 0.932. The van der Waals surface area contributed by atoms with Crippen molar-refractivity contribution >= 4 is 17.5 Å². The van der Waals surface area contributed by atoms with E-state index in [1.165, 1.54) is 0 Å². The number of rotatable bonds is 3. The van der Waals surface area contributed by atoms with Crippen LogP contribution < -0.4 is 10.6 Å². The lowest BCUT2D eigenvalue weighted by atomic mass is 10.1. The van der Waals surface area contributed by atoms with E-state index in [0.29, 0.717) is 11.6 Å². The second-order valence-electron chi connectivity index (χ2n) is 3.64. The molecule has 0 aromatic heterocycles. The summed E-state index contributed by atoms with van der Waals surface area (Å²) >= 11 is 5.84. The SMILES string of the molecule is O=C(NCc1cccc(Cl)c1)[C@H]1CCN1. The molecule has 1 atom stereocenters. The molecule has 1 heterocycles. The van der Waals surface area contributed by atoms with Gasteiger partial charge in [-0.25, -0.2) is 0 Å². The highest BCUT2D eigenvalue weighted by molar-refractivity contribution is 6.30. The maximum Gasteiger partial charge on any atom is 0.237 e. The maximum atomic E-state index is 11.5. The molecule has 1 aliphatic rings. The number of halogens is 1. The molecule has 4 heteroatoms. The molecular formula is C11H13ClN2O. The van der Waals surface area contributed by atoms with Crippen molar-refractivity contribution in [2.24, 2.45) is 0 Å². The minimum Gasteiger partial charge on any atom is -0.351 e. The summed E-state index contributed by atoms with van der Waals surface area (Å²) in [5, 5.41) is 6.62. The van der Waals surface area contributed by atoms with Gasteiger partial charge in [0, 0.05) is 11.6 Å². The average Bonchev–Trinajstić information content (AvgIpc) is 2.12. The molecule has 0 spiro atoms. The molecule has 0 bridgehead atoms. The first-order valence-corrected chi connectivity index (χ1v) is 5.39. The van der Waals surface area contributed by atoms with E-state index in [1.807, 2.05) is 24.3 Å². The van der Waals surface area contributed by atoms with Gasteiger partial charge in [0.15, 0.2) is 0 Å². The van der Waals surface area contributed by atoms with Crippen LogP contribution in [0.25, 0.3) is 0 Å². The molecule has 1 saturated heterocycles. The second kappa shape index (κ2) is 4.64. The van der Waals surface area contributed by atoms with Gasteiger partial charge in [-0.15, -0.1) is 0 Å². The van der Waals surface area contributed by atoms with Crippen LogP contribution in [-0.4, -0.2) is 18.5 Å². The number of hydrogen-bond donors (Lipinski definition) is 2. The van der Waals surface area contributed by atoms with Crippen molar-refractivity contribution < 1.29 is 4.79 Å². The van der Waals surface area contributed by atoms with Crippen LogP contribution in [0.2, 0.25) is 5.02 Å². The van der Waals surface area contributed by atoms with E-state index in [1.54, 1.807) is 0 Å². The van der Waals surface area contributed by atoms with Crippen LogP contribution in [0.4, 0.5) is 0 Å². The molecule has 1 amide bonds. The van der Waals surface area contributed by atoms with Gasteiger partial charge >= 0.3 is 0 Å². The van der Waals surface area contributed by atoms with Crippen molar-refractivity contribution in [3.63, 3.8) is 0 Å². The third-order valence-corrected chi connectivity index (χ3v) is 2.73. The van der Waals surface area contributed by atoms with Crippen LogP contribution >= 0.6 is 11.6 Å². The highest BCUT2D eigenvalue weighted by Gasteiger charge is 2.23. The van der Waals surface area contributed by atoms with E-state index >= 15 is 0 Å². The normalized spacial score (nSPS) is 19.4. The van der Waals surface area contributed by atoms with Crippen molar-refractivity contribution in [1.82, 2.24) is 10.6 Å². The van der Waals surface area contributed by atoms with E-state index < -0.39 is 0 Å². The van der Waals surface area contributed by atoms with Crippen molar-refractivity contribution in [1.29, 1.82) is 0 Å². The van der Waals surface area contributed by atoms with E-state index in [0.717, 1.165) is 18.5 Å². The molecule has 0 radical (unpaired) electrons. The number of carbonyl (C=O) groups excluding carboxylic acids is 1. The summed E-state index contributed by atoms with van der Waals surface area (Å²) in [6.45, 7) is 1.48. The third-order valence-electron chi connectivity index (χ3n) is 2.50. The molecule has 2 N–H and O–H groups in total. The Bertz CT molecular complexity index is 363. The van der Waals surface area contributed by atoms with E-state index in [9.17, 15) is 4.79 Å². The molecule has 1 aliphatic heterocycles. The lowest BCUT2D eigenvalue weighted by Gasteiger charge is -2.26. The topological polar surface area (TPSA) is 41.1 Å². The van der Waals surface area contributed by atoms with Gasteiger partial charge in [-0.05, 0) is 30.7 Å². The van der Waals surface area contributed by atoms with Crippen molar-refractivity contribution in [2.75, 3.05) is 6.54 Å². The first kappa shape index (κ1) is 10.5. The Morgan fingerprint density at radius 3 is 3.00 bits per heavy atom. The van der Waals surface area contributed by atoms with Crippen LogP contribution in [0, 0.1) is 0 Å². The summed E-state index contributed by atoms with van der Waals surface area (Å²) < 4.78 is 0. The Kier molecular flexibility index (Phi) is 3.23. The summed E-state index contributed by atoms with van der Waals surface area (Å²) in [6, 6.07) is 7.51. The van der Waals surface area contributed by atoms with Gasteiger partial charge in [-0.2, -0.15) is 0 Å². The fourth-order valence-electron chi connectivity index (χ4n) is 1.47. The van der Waals surface area contributed by atoms with Crippen LogP contribution in [0.1, 0.15) is 12.0 Å². The third kappa shape index (κ3) is 2.70. The van der Waals surface area contributed by atoms with E-state index in [-0.39, 0.29) is 11.9 Å². The van der Waals surface area contributed by atoms with Crippen molar-refractivity contribution in [2.45, 2.75) is 19.0 Å². The standard InChI is InChI=1S/C11H13ClN2O/c12-9-3-1-2-8(6-9)7-14-11(15)10-4-5-13-10/h1-3,6,10,13H,4-5,7H2,(H,14,15)/t10-/m1/s1. The Balaban J connectivity index is 1.84. The van der Waals surface area contributed by atoms with Gasteiger partial charge in [0.25, 0.3) is 0 Å². The van der Waals surface area contributed by atoms with Crippen molar-refractivity contribution in [3.8, 4) is 0 Å². The number of nitrogens with one attached hydrogen (secondary N) is 2. The summed E-state index contributed by atoms with van der Waals surface area (Å²) in [5.74, 6) is 0.0706. The van der Waals surface area contributed by atoms with Gasteiger partial charge in [0.05, 0.1) is 6.04 Å². The molecule has 0 unspecified atom stereocenters. The van der Waals surface area contributed by atoms with Gasteiger partial charge in [-0.1, -0.05) is 23.7 Å². The van der Waals surface area contributed by atoms with Crippen LogP contribution in [0.15, 0.2) is 24.3 Å². The smallest absolute Gasteiger partial charge is 0.237 e. The summed E-state index contributed by atoms with van der Waals surface area (Å²) in [4.78, 5) is 11.5. The average molecular weight is 225 g/mol. The van der Waals surface area contributed by atoms with E-state index in [2.05, 4.69) is 10.6 Å². The molecule has 1 aromatic rings. The zero-order chi connectivity index (χ0) is 10.7. The number of carbonyl (C=O) groups is 1. The number of hydrogen-bond acceptors (Lipinski definition) is 2. The zero-order valence-electron chi connectivity index (χ0n) is 8.29. The number of benzene rings is 1. The molecule has 1 aromatic carbocycles. The Morgan fingerprint density at radius 2 is 2.40 bits per heavy atom. The first-order chi connectivity index (χ1) is 7.25. The van der Waals surface area contributed by atoms with Crippen molar-refractivity contribution in [3.05, 3.63) is 34.9 Å². The lowest BCUT2D eigenvalue weighted by Crippen LogP contribution is -2.52. The van der Waals surface area contributed by atoms with Crippen LogP contribution in [0.3, 0.4) is 0 Å². The second-order valence-corrected chi connectivity index (χ2v) is 4.08. The number of amides is 1. The summed E-state index contributed by atoms with van der Waals surface area (Å²) in [5.41, 5.74) is 1.02. The highest BCUT2D eigenvalue weighted by Crippen LogP contribution is 2.10. The molecule has 2 rings (SSSR count). The fourth-order valence-corrected chi connectivity index (χ4v) is 1.68. The Morgan fingerprint density at radius 1 is 1.60 bits per heavy atom. The van der Waals surface area contributed by atoms with E-state index in [4.69, 9.17) is 11.6 Å². The van der Waals surface area contributed by atoms with Gasteiger partial charge in [-0.3, -0.25) is 4.79 Å². The molecule has 0 aliphatic carbocycles. The minimum absolute atomic E-state index is 0.00387. The maximum absolute atomic E-state index is 11.5. The predicted octanol–water partition coefficient (Wildman–Crippen LogP) is 1.32. The Labute approximate surface area is 93.8 Å². The monoisotopic (exact) mass is 224 g/mol. The fraction of sp³-hybridized carbons (Fsp3) is 0.364. The largest absolute Gasteiger partial charge is 0.351 e. The summed E-state index contributed by atoms with van der Waals surface area (Å²) in [7, 11) is 0.